The fourth-order valence-electron chi connectivity index (χ4n) is 2.52. The van der Waals surface area contributed by atoms with Gasteiger partial charge in [0.25, 0.3) is 5.91 Å². The maximum atomic E-state index is 12.7. The fourth-order valence-corrected chi connectivity index (χ4v) is 2.82. The zero-order chi connectivity index (χ0) is 17.3. The van der Waals surface area contributed by atoms with Gasteiger partial charge in [0.1, 0.15) is 5.56 Å². The summed E-state index contributed by atoms with van der Waals surface area (Å²) in [4.78, 5) is 25.2. The number of aryl methyl sites for hydroxylation is 1. The Labute approximate surface area is 148 Å². The number of carbonyl (C=O) groups excluding carboxylic acids is 1. The molecule has 6 heteroatoms. The number of amides is 1. The number of benzene rings is 2. The average molecular weight is 361 g/mol. The van der Waals surface area contributed by atoms with Gasteiger partial charge in [-0.25, -0.2) is 0 Å². The van der Waals surface area contributed by atoms with E-state index < -0.39 is 5.91 Å². The van der Waals surface area contributed by atoms with Crippen molar-refractivity contribution in [1.29, 1.82) is 0 Å². The number of hydrogen-bond donors (Lipinski definition) is 1. The van der Waals surface area contributed by atoms with E-state index in [0.29, 0.717) is 27.7 Å². The van der Waals surface area contributed by atoms with E-state index in [9.17, 15) is 9.59 Å². The van der Waals surface area contributed by atoms with E-state index >= 15 is 0 Å². The lowest BCUT2D eigenvalue weighted by molar-refractivity contribution is 0.102. The molecular formula is C18H14Cl2N2O2. The van der Waals surface area contributed by atoms with E-state index in [4.69, 9.17) is 23.2 Å². The molecule has 1 aromatic heterocycles. The van der Waals surface area contributed by atoms with Crippen LogP contribution < -0.4 is 10.7 Å². The zero-order valence-corrected chi connectivity index (χ0v) is 14.4. The average Bonchev–Trinajstić information content (AvgIpc) is 2.57. The van der Waals surface area contributed by atoms with Crippen LogP contribution >= 0.6 is 23.2 Å². The molecule has 0 aliphatic carbocycles. The first-order valence-corrected chi connectivity index (χ1v) is 8.15. The van der Waals surface area contributed by atoms with Crippen LogP contribution in [-0.2, 0) is 6.54 Å². The van der Waals surface area contributed by atoms with Crippen LogP contribution in [0.2, 0.25) is 10.0 Å². The second-order valence-corrected chi connectivity index (χ2v) is 6.15. The number of halogens is 2. The normalized spacial score (nSPS) is 10.8. The summed E-state index contributed by atoms with van der Waals surface area (Å²) in [6.07, 6.45) is 1.57. The van der Waals surface area contributed by atoms with Crippen LogP contribution in [0.25, 0.3) is 10.9 Å². The summed E-state index contributed by atoms with van der Waals surface area (Å²) >= 11 is 11.8. The van der Waals surface area contributed by atoms with Gasteiger partial charge in [-0.3, -0.25) is 9.59 Å². The molecule has 0 spiro atoms. The summed E-state index contributed by atoms with van der Waals surface area (Å²) in [5.41, 5.74) is 1.04. The smallest absolute Gasteiger partial charge is 0.261 e. The Morgan fingerprint density at radius 1 is 1.08 bits per heavy atom. The van der Waals surface area contributed by atoms with E-state index in [1.54, 1.807) is 48.7 Å². The fraction of sp³-hybridized carbons (Fsp3) is 0.111. The quantitative estimate of drug-likeness (QED) is 0.742. The molecule has 2 aromatic carbocycles. The molecule has 0 bridgehead atoms. The molecular weight excluding hydrogens is 347 g/mol. The van der Waals surface area contributed by atoms with Gasteiger partial charge >= 0.3 is 0 Å². The molecule has 0 radical (unpaired) electrons. The third-order valence-corrected chi connectivity index (χ3v) is 4.22. The van der Waals surface area contributed by atoms with Gasteiger partial charge in [-0.05, 0) is 49.4 Å². The number of nitrogens with zero attached hydrogens (tertiary/aromatic N) is 1. The molecule has 1 N–H and O–H groups in total. The molecule has 0 unspecified atom stereocenters. The van der Waals surface area contributed by atoms with Crippen LogP contribution in [0.3, 0.4) is 0 Å². The highest BCUT2D eigenvalue weighted by Crippen LogP contribution is 2.19. The van der Waals surface area contributed by atoms with Crippen molar-refractivity contribution < 1.29 is 4.79 Å². The van der Waals surface area contributed by atoms with E-state index in [1.165, 1.54) is 0 Å². The number of pyridine rings is 1. The van der Waals surface area contributed by atoms with Crippen LogP contribution in [0.5, 0.6) is 0 Å². The maximum absolute atomic E-state index is 12.7. The number of hydrogen-bond acceptors (Lipinski definition) is 2. The minimum absolute atomic E-state index is 0.0709. The number of aromatic nitrogens is 1. The Bertz CT molecular complexity index is 979. The first-order chi connectivity index (χ1) is 11.5. The molecule has 0 fully saturated rings. The van der Waals surface area contributed by atoms with Crippen LogP contribution in [0.4, 0.5) is 5.69 Å². The van der Waals surface area contributed by atoms with Gasteiger partial charge in [-0.2, -0.15) is 0 Å². The van der Waals surface area contributed by atoms with Gasteiger partial charge in [0.2, 0.25) is 5.43 Å². The molecule has 1 heterocycles. The van der Waals surface area contributed by atoms with Crippen molar-refractivity contribution in [2.45, 2.75) is 13.5 Å². The van der Waals surface area contributed by atoms with Crippen molar-refractivity contribution >= 4 is 45.7 Å². The molecule has 3 rings (SSSR count). The lowest BCUT2D eigenvalue weighted by Gasteiger charge is -2.12. The highest BCUT2D eigenvalue weighted by Gasteiger charge is 2.15. The molecule has 0 saturated carbocycles. The number of nitrogens with one attached hydrogen (secondary N) is 1. The highest BCUT2D eigenvalue weighted by atomic mass is 35.5. The molecule has 122 valence electrons. The second-order valence-electron chi connectivity index (χ2n) is 5.28. The van der Waals surface area contributed by atoms with Crippen LogP contribution in [0.1, 0.15) is 17.3 Å². The molecule has 24 heavy (non-hydrogen) atoms. The predicted molar refractivity (Wildman–Crippen MR) is 98.3 cm³/mol. The number of carbonyl (C=O) groups is 1. The molecule has 0 saturated heterocycles. The van der Waals surface area contributed by atoms with Gasteiger partial charge in [0.05, 0.1) is 5.52 Å². The Balaban J connectivity index is 2.08. The second kappa shape index (κ2) is 6.67. The predicted octanol–water partition coefficient (Wildman–Crippen LogP) is 4.58. The summed E-state index contributed by atoms with van der Waals surface area (Å²) in [6.45, 7) is 2.57. The monoisotopic (exact) mass is 360 g/mol. The van der Waals surface area contributed by atoms with Gasteiger partial charge in [0, 0.05) is 33.9 Å². The summed E-state index contributed by atoms with van der Waals surface area (Å²) in [5, 5.41) is 4.16. The lowest BCUT2D eigenvalue weighted by Crippen LogP contribution is -2.23. The highest BCUT2D eigenvalue weighted by molar-refractivity contribution is 6.31. The molecule has 0 atom stereocenters. The summed E-state index contributed by atoms with van der Waals surface area (Å²) in [5.74, 6) is -0.466. The third kappa shape index (κ3) is 3.16. The van der Waals surface area contributed by atoms with Crippen molar-refractivity contribution in [3.05, 3.63) is 74.5 Å². The van der Waals surface area contributed by atoms with Gasteiger partial charge < -0.3 is 9.88 Å². The van der Waals surface area contributed by atoms with E-state index in [1.807, 2.05) is 11.5 Å². The zero-order valence-electron chi connectivity index (χ0n) is 12.8. The third-order valence-electron chi connectivity index (χ3n) is 3.73. The Morgan fingerprint density at radius 2 is 1.75 bits per heavy atom. The van der Waals surface area contributed by atoms with Gasteiger partial charge in [-0.15, -0.1) is 0 Å². The minimum Gasteiger partial charge on any atom is -0.347 e. The molecule has 0 aliphatic heterocycles. The van der Waals surface area contributed by atoms with E-state index in [0.717, 1.165) is 5.52 Å². The molecule has 0 aliphatic rings. The Kier molecular flexibility index (Phi) is 4.60. The molecule has 1 amide bonds. The number of rotatable bonds is 3. The van der Waals surface area contributed by atoms with E-state index in [2.05, 4.69) is 5.32 Å². The first kappa shape index (κ1) is 16.6. The summed E-state index contributed by atoms with van der Waals surface area (Å²) < 4.78 is 1.85. The summed E-state index contributed by atoms with van der Waals surface area (Å²) in [7, 11) is 0. The van der Waals surface area contributed by atoms with Crippen molar-refractivity contribution in [2.75, 3.05) is 5.32 Å². The van der Waals surface area contributed by atoms with Crippen molar-refractivity contribution in [1.82, 2.24) is 4.57 Å². The molecule has 3 aromatic rings. The summed E-state index contributed by atoms with van der Waals surface area (Å²) in [6, 6.07) is 11.8. The van der Waals surface area contributed by atoms with Crippen molar-refractivity contribution in [2.24, 2.45) is 0 Å². The largest absolute Gasteiger partial charge is 0.347 e. The SMILES string of the molecule is CCn1cc(C(=O)Nc2ccc(Cl)cc2)c(=O)c2cc(Cl)ccc21. The Morgan fingerprint density at radius 3 is 2.42 bits per heavy atom. The lowest BCUT2D eigenvalue weighted by atomic mass is 10.1. The topological polar surface area (TPSA) is 51.1 Å². The minimum atomic E-state index is -0.466. The first-order valence-electron chi connectivity index (χ1n) is 7.39. The number of anilines is 1. The standard InChI is InChI=1S/C18H14Cl2N2O2/c1-2-22-10-15(17(23)14-9-12(20)5-8-16(14)22)18(24)21-13-6-3-11(19)4-7-13/h3-10H,2H2,1H3,(H,21,24). The van der Waals surface area contributed by atoms with E-state index in [-0.39, 0.29) is 11.0 Å². The number of fused-ring (bicyclic) bond motifs is 1. The van der Waals surface area contributed by atoms with Gasteiger partial charge in [-0.1, -0.05) is 23.2 Å². The van der Waals surface area contributed by atoms with Crippen molar-refractivity contribution in [3.63, 3.8) is 0 Å². The van der Waals surface area contributed by atoms with Gasteiger partial charge in [0.15, 0.2) is 0 Å². The maximum Gasteiger partial charge on any atom is 0.261 e. The van der Waals surface area contributed by atoms with Crippen LogP contribution in [0.15, 0.2) is 53.5 Å². The molecule has 4 nitrogen and oxygen atoms in total. The van der Waals surface area contributed by atoms with Crippen LogP contribution in [-0.4, -0.2) is 10.5 Å². The Hall–Kier alpha value is -2.30. The van der Waals surface area contributed by atoms with Crippen molar-refractivity contribution in [3.8, 4) is 0 Å². The van der Waals surface area contributed by atoms with Crippen LogP contribution in [0, 0.1) is 0 Å².